The molecule has 0 spiro atoms. The summed E-state index contributed by atoms with van der Waals surface area (Å²) in [5.41, 5.74) is 0.822. The number of sulfonamides is 1. The first-order chi connectivity index (χ1) is 9.87. The van der Waals surface area contributed by atoms with E-state index in [1.165, 1.54) is 6.07 Å². The Bertz CT molecular complexity index is 777. The van der Waals surface area contributed by atoms with E-state index in [1.807, 2.05) is 18.2 Å². The largest absolute Gasteiger partial charge is 0.349 e. The molecule has 1 heterocycles. The van der Waals surface area contributed by atoms with Crippen molar-refractivity contribution in [2.75, 3.05) is 19.3 Å². The second-order valence-electron chi connectivity index (χ2n) is 4.43. The molecular formula is C13H14ClN3O3S. The summed E-state index contributed by atoms with van der Waals surface area (Å²) in [5, 5.41) is 3.79. The molecule has 0 aliphatic heterocycles. The smallest absolute Gasteiger partial charge is 0.270 e. The number of aromatic nitrogens is 1. The monoisotopic (exact) mass is 327 g/mol. The Morgan fingerprint density at radius 3 is 2.71 bits per heavy atom. The maximum absolute atomic E-state index is 12.0. The number of nitrogens with zero attached hydrogens (tertiary/aromatic N) is 1. The summed E-state index contributed by atoms with van der Waals surface area (Å²) < 4.78 is 24.0. The standard InChI is InChI=1S/C13H14ClN3O3S/c1-21(19,20)16-7-6-15-13(18)12-8-10(14)9-4-2-3-5-11(9)17-12/h2-5,8,16H,6-7H2,1H3,(H,15,18). The number of halogens is 1. The van der Waals surface area contributed by atoms with Crippen molar-refractivity contribution in [1.82, 2.24) is 15.0 Å². The minimum absolute atomic E-state index is 0.117. The number of amides is 1. The first-order valence-corrected chi connectivity index (χ1v) is 8.42. The number of pyridine rings is 1. The Balaban J connectivity index is 2.06. The fourth-order valence-electron chi connectivity index (χ4n) is 1.75. The highest BCUT2D eigenvalue weighted by molar-refractivity contribution is 7.88. The molecule has 2 rings (SSSR count). The highest BCUT2D eigenvalue weighted by Crippen LogP contribution is 2.22. The number of hydrogen-bond acceptors (Lipinski definition) is 4. The van der Waals surface area contributed by atoms with Crippen LogP contribution in [-0.4, -0.2) is 38.7 Å². The van der Waals surface area contributed by atoms with E-state index < -0.39 is 15.9 Å². The quantitative estimate of drug-likeness (QED) is 0.807. The Labute approximate surface area is 127 Å². The first-order valence-electron chi connectivity index (χ1n) is 6.15. The molecule has 0 saturated carbocycles. The third-order valence-electron chi connectivity index (χ3n) is 2.67. The van der Waals surface area contributed by atoms with E-state index in [4.69, 9.17) is 11.6 Å². The van der Waals surface area contributed by atoms with Crippen LogP contribution < -0.4 is 10.0 Å². The molecule has 0 atom stereocenters. The summed E-state index contributed by atoms with van der Waals surface area (Å²) in [6.07, 6.45) is 1.06. The molecule has 1 aromatic carbocycles. The van der Waals surface area contributed by atoms with E-state index in [0.29, 0.717) is 10.5 Å². The van der Waals surface area contributed by atoms with Crippen molar-refractivity contribution >= 4 is 38.4 Å². The van der Waals surface area contributed by atoms with Gasteiger partial charge in [0, 0.05) is 18.5 Å². The molecule has 0 unspecified atom stereocenters. The van der Waals surface area contributed by atoms with Crippen molar-refractivity contribution in [1.29, 1.82) is 0 Å². The van der Waals surface area contributed by atoms with Gasteiger partial charge in [-0.3, -0.25) is 4.79 Å². The fourth-order valence-corrected chi connectivity index (χ4v) is 2.49. The van der Waals surface area contributed by atoms with Gasteiger partial charge >= 0.3 is 0 Å². The molecule has 0 aliphatic rings. The van der Waals surface area contributed by atoms with Gasteiger partial charge in [0.05, 0.1) is 16.8 Å². The van der Waals surface area contributed by atoms with Gasteiger partial charge < -0.3 is 5.32 Å². The molecule has 1 aromatic heterocycles. The molecule has 21 heavy (non-hydrogen) atoms. The molecule has 0 radical (unpaired) electrons. The van der Waals surface area contributed by atoms with Crippen molar-refractivity contribution in [3.8, 4) is 0 Å². The highest BCUT2D eigenvalue weighted by atomic mass is 35.5. The maximum Gasteiger partial charge on any atom is 0.270 e. The van der Waals surface area contributed by atoms with Gasteiger partial charge in [-0.15, -0.1) is 0 Å². The number of nitrogens with one attached hydrogen (secondary N) is 2. The van der Waals surface area contributed by atoms with Gasteiger partial charge in [0.15, 0.2) is 0 Å². The average Bonchev–Trinajstić information content (AvgIpc) is 2.42. The molecule has 2 N–H and O–H groups in total. The van der Waals surface area contributed by atoms with Gasteiger partial charge in [0.1, 0.15) is 5.69 Å². The maximum atomic E-state index is 12.0. The molecule has 0 aliphatic carbocycles. The van der Waals surface area contributed by atoms with Crippen LogP contribution in [0.15, 0.2) is 30.3 Å². The van der Waals surface area contributed by atoms with Crippen molar-refractivity contribution in [2.24, 2.45) is 0 Å². The predicted octanol–water partition coefficient (Wildman–Crippen LogP) is 1.17. The normalized spacial score (nSPS) is 11.5. The third kappa shape index (κ3) is 4.38. The molecular weight excluding hydrogens is 314 g/mol. The van der Waals surface area contributed by atoms with E-state index in [9.17, 15) is 13.2 Å². The summed E-state index contributed by atoms with van der Waals surface area (Å²) in [6, 6.07) is 8.73. The molecule has 6 nitrogen and oxygen atoms in total. The second kappa shape index (κ2) is 6.38. The van der Waals surface area contributed by atoms with Crippen LogP contribution in [0.2, 0.25) is 5.02 Å². The van der Waals surface area contributed by atoms with Crippen LogP contribution in [-0.2, 0) is 10.0 Å². The van der Waals surface area contributed by atoms with Gasteiger partial charge in [-0.2, -0.15) is 0 Å². The van der Waals surface area contributed by atoms with Gasteiger partial charge in [-0.1, -0.05) is 29.8 Å². The second-order valence-corrected chi connectivity index (χ2v) is 6.67. The summed E-state index contributed by atoms with van der Waals surface area (Å²) in [6.45, 7) is 0.282. The van der Waals surface area contributed by atoms with Crippen LogP contribution in [0.5, 0.6) is 0 Å². The first kappa shape index (κ1) is 15.7. The Morgan fingerprint density at radius 2 is 2.00 bits per heavy atom. The predicted molar refractivity (Wildman–Crippen MR) is 81.9 cm³/mol. The van der Waals surface area contributed by atoms with Gasteiger partial charge in [-0.25, -0.2) is 18.1 Å². The molecule has 0 fully saturated rings. The van der Waals surface area contributed by atoms with E-state index in [2.05, 4.69) is 15.0 Å². The number of carbonyl (C=O) groups is 1. The van der Waals surface area contributed by atoms with Crippen LogP contribution >= 0.6 is 11.6 Å². The zero-order chi connectivity index (χ0) is 15.5. The lowest BCUT2D eigenvalue weighted by Gasteiger charge is -2.07. The Kier molecular flexibility index (Phi) is 4.76. The minimum Gasteiger partial charge on any atom is -0.349 e. The number of hydrogen-bond donors (Lipinski definition) is 2. The third-order valence-corrected chi connectivity index (χ3v) is 3.71. The number of benzene rings is 1. The molecule has 8 heteroatoms. The molecule has 112 valence electrons. The van der Waals surface area contributed by atoms with Crippen molar-refractivity contribution in [3.05, 3.63) is 41.0 Å². The van der Waals surface area contributed by atoms with E-state index >= 15 is 0 Å². The average molecular weight is 328 g/mol. The van der Waals surface area contributed by atoms with Crippen LogP contribution in [0.4, 0.5) is 0 Å². The van der Waals surface area contributed by atoms with Crippen molar-refractivity contribution in [3.63, 3.8) is 0 Å². The topological polar surface area (TPSA) is 88.2 Å². The van der Waals surface area contributed by atoms with Crippen LogP contribution in [0, 0.1) is 0 Å². The number of rotatable bonds is 5. The summed E-state index contributed by atoms with van der Waals surface area (Å²) in [5.74, 6) is -0.405. The molecule has 1 amide bonds. The lowest BCUT2D eigenvalue weighted by atomic mass is 10.2. The number of fused-ring (bicyclic) bond motifs is 1. The molecule has 0 bridgehead atoms. The van der Waals surface area contributed by atoms with Crippen molar-refractivity contribution in [2.45, 2.75) is 0 Å². The van der Waals surface area contributed by atoms with Crippen LogP contribution in [0.25, 0.3) is 10.9 Å². The fraction of sp³-hybridized carbons (Fsp3) is 0.231. The number of carbonyl (C=O) groups excluding carboxylic acids is 1. The summed E-state index contributed by atoms with van der Waals surface area (Å²) in [4.78, 5) is 16.2. The number of para-hydroxylation sites is 1. The van der Waals surface area contributed by atoms with Gasteiger partial charge in [0.25, 0.3) is 5.91 Å². The molecule has 2 aromatic rings. The lowest BCUT2D eigenvalue weighted by Crippen LogP contribution is -2.34. The Morgan fingerprint density at radius 1 is 1.29 bits per heavy atom. The zero-order valence-corrected chi connectivity index (χ0v) is 12.8. The summed E-state index contributed by atoms with van der Waals surface area (Å²) in [7, 11) is -3.26. The van der Waals surface area contributed by atoms with Crippen LogP contribution in [0.1, 0.15) is 10.5 Å². The zero-order valence-electron chi connectivity index (χ0n) is 11.3. The molecule has 0 saturated heterocycles. The minimum atomic E-state index is -3.26. The van der Waals surface area contributed by atoms with Crippen molar-refractivity contribution < 1.29 is 13.2 Å². The SMILES string of the molecule is CS(=O)(=O)NCCNC(=O)c1cc(Cl)c2ccccc2n1. The van der Waals surface area contributed by atoms with E-state index in [1.54, 1.807) is 6.07 Å². The highest BCUT2D eigenvalue weighted by Gasteiger charge is 2.10. The summed E-state index contributed by atoms with van der Waals surface area (Å²) >= 11 is 6.12. The van der Waals surface area contributed by atoms with Gasteiger partial charge in [-0.05, 0) is 12.1 Å². The Hall–Kier alpha value is -1.70. The van der Waals surface area contributed by atoms with Crippen LogP contribution in [0.3, 0.4) is 0 Å². The van der Waals surface area contributed by atoms with E-state index in [0.717, 1.165) is 11.6 Å². The van der Waals surface area contributed by atoms with E-state index in [-0.39, 0.29) is 18.8 Å². The lowest BCUT2D eigenvalue weighted by molar-refractivity contribution is 0.0949. The van der Waals surface area contributed by atoms with Gasteiger partial charge in [0.2, 0.25) is 10.0 Å².